The van der Waals surface area contributed by atoms with Gasteiger partial charge in [0, 0.05) is 43.4 Å². The summed E-state index contributed by atoms with van der Waals surface area (Å²) >= 11 is 0. The third kappa shape index (κ3) is 7.68. The molecule has 6 nitrogen and oxygen atoms in total. The fraction of sp³-hybridized carbons (Fsp3) is 0. The molecular weight excluding hydrogens is 985 g/mol. The van der Waals surface area contributed by atoms with Crippen LogP contribution in [0, 0.1) is 0 Å². The number of benzene rings is 12. The molecule has 0 bridgehead atoms. The first-order chi connectivity index (χ1) is 40.2. The highest BCUT2D eigenvalue weighted by atomic mass is 15.2. The van der Waals surface area contributed by atoms with Gasteiger partial charge in [-0.2, -0.15) is 9.97 Å². The minimum absolute atomic E-state index is 0.518. The summed E-state index contributed by atoms with van der Waals surface area (Å²) in [4.78, 5) is 17.0. The van der Waals surface area contributed by atoms with Crippen LogP contribution in [0.15, 0.2) is 291 Å². The molecule has 4 aromatic heterocycles. The van der Waals surface area contributed by atoms with Gasteiger partial charge in [0.2, 0.25) is 5.95 Å². The van der Waals surface area contributed by atoms with E-state index in [0.29, 0.717) is 17.6 Å². The van der Waals surface area contributed by atoms with E-state index in [1.54, 1.807) is 0 Å². The minimum Gasteiger partial charge on any atom is -0.309 e. The number of hydrogen-bond donors (Lipinski definition) is 0. The molecule has 4 heterocycles. The van der Waals surface area contributed by atoms with Crippen molar-refractivity contribution in [3.8, 4) is 84.6 Å². The Balaban J connectivity index is 0.978. The predicted octanol–water partition coefficient (Wildman–Crippen LogP) is 19.2. The molecule has 0 fully saturated rings. The number of nitrogens with zero attached hydrogens (tertiary/aromatic N) is 6. The first kappa shape index (κ1) is 46.2. The van der Waals surface area contributed by atoms with Crippen LogP contribution in [0.25, 0.3) is 150 Å². The van der Waals surface area contributed by atoms with Gasteiger partial charge in [-0.1, -0.05) is 206 Å². The minimum atomic E-state index is 0.518. The summed E-state index contributed by atoms with van der Waals surface area (Å²) < 4.78 is 7.00. The quantitative estimate of drug-likeness (QED) is 0.145. The lowest BCUT2D eigenvalue weighted by atomic mass is 10.0. The van der Waals surface area contributed by atoms with Crippen LogP contribution in [0.5, 0.6) is 0 Å². The number of rotatable bonds is 9. The molecule has 0 amide bonds. The summed E-state index contributed by atoms with van der Waals surface area (Å²) in [7, 11) is 0. The zero-order valence-corrected chi connectivity index (χ0v) is 43.9. The van der Waals surface area contributed by atoms with E-state index in [1.807, 2.05) is 0 Å². The van der Waals surface area contributed by atoms with E-state index in [2.05, 4.69) is 305 Å². The van der Waals surface area contributed by atoms with E-state index in [1.165, 1.54) is 21.9 Å². The molecule has 0 aliphatic rings. The second-order valence-electron chi connectivity index (χ2n) is 20.7. The number of aromatic nitrogens is 6. The molecule has 0 saturated carbocycles. The Bertz CT molecular complexity index is 4850. The first-order valence-corrected chi connectivity index (χ1v) is 27.5. The van der Waals surface area contributed by atoms with Crippen LogP contribution in [0.4, 0.5) is 0 Å². The maximum atomic E-state index is 5.68. The smallest absolute Gasteiger partial charge is 0.238 e. The summed E-state index contributed by atoms with van der Waals surface area (Å²) in [6, 6.07) is 104. The van der Waals surface area contributed by atoms with Crippen LogP contribution in [-0.2, 0) is 0 Å². The van der Waals surface area contributed by atoms with Crippen molar-refractivity contribution in [3.63, 3.8) is 0 Å². The molecule has 0 atom stereocenters. The Morgan fingerprint density at radius 3 is 0.840 bits per heavy atom. The van der Waals surface area contributed by atoms with Crippen molar-refractivity contribution in [2.24, 2.45) is 0 Å². The van der Waals surface area contributed by atoms with Crippen LogP contribution in [0.1, 0.15) is 0 Å². The SMILES string of the molecule is c1ccc(-c2ccc3c(c2)c2cc(-c4ccccc4)ccc2n3-c2nc(-c3ccccc3-n3c4ccccc4c4ccccc43)nc(-c3ccccc3-n3c4ccc(-c5ccccc5)cc4c4cc(-c5ccccc5)ccc43)n2)cc1. The van der Waals surface area contributed by atoms with Gasteiger partial charge in [-0.25, -0.2) is 4.98 Å². The zero-order chi connectivity index (χ0) is 53.4. The van der Waals surface area contributed by atoms with E-state index in [-0.39, 0.29) is 0 Å². The second kappa shape index (κ2) is 18.9. The van der Waals surface area contributed by atoms with Gasteiger partial charge in [-0.3, -0.25) is 4.57 Å². The Morgan fingerprint density at radius 2 is 0.481 bits per heavy atom. The maximum absolute atomic E-state index is 5.68. The highest BCUT2D eigenvalue weighted by Gasteiger charge is 2.25. The van der Waals surface area contributed by atoms with Crippen LogP contribution in [-0.4, -0.2) is 28.7 Å². The number of para-hydroxylation sites is 4. The molecule has 16 aromatic rings. The van der Waals surface area contributed by atoms with Crippen molar-refractivity contribution in [2.75, 3.05) is 0 Å². The lowest BCUT2D eigenvalue weighted by molar-refractivity contribution is 0.950. The molecule has 16 rings (SSSR count). The molecule has 0 radical (unpaired) electrons. The molecule has 0 aliphatic carbocycles. The predicted molar refractivity (Wildman–Crippen MR) is 335 cm³/mol. The summed E-state index contributed by atoms with van der Waals surface area (Å²) in [5, 5.41) is 6.89. The Kier molecular flexibility index (Phi) is 10.8. The van der Waals surface area contributed by atoms with Gasteiger partial charge in [0.25, 0.3) is 0 Å². The fourth-order valence-electron chi connectivity index (χ4n) is 12.4. The average molecular weight is 1030 g/mol. The molecule has 0 aliphatic heterocycles. The summed E-state index contributed by atoms with van der Waals surface area (Å²) in [6.45, 7) is 0. The van der Waals surface area contributed by atoms with Crippen molar-refractivity contribution < 1.29 is 0 Å². The molecule has 6 heteroatoms. The van der Waals surface area contributed by atoms with E-state index in [4.69, 9.17) is 15.0 Å². The van der Waals surface area contributed by atoms with Gasteiger partial charge in [0.15, 0.2) is 11.6 Å². The topological polar surface area (TPSA) is 53.5 Å². The van der Waals surface area contributed by atoms with Crippen molar-refractivity contribution in [1.29, 1.82) is 0 Å². The second-order valence-corrected chi connectivity index (χ2v) is 20.7. The van der Waals surface area contributed by atoms with Crippen molar-refractivity contribution in [1.82, 2.24) is 28.7 Å². The van der Waals surface area contributed by atoms with E-state index < -0.39 is 0 Å². The molecule has 0 unspecified atom stereocenters. The number of fused-ring (bicyclic) bond motifs is 9. The zero-order valence-electron chi connectivity index (χ0n) is 43.9. The summed E-state index contributed by atoms with van der Waals surface area (Å²) in [5.41, 5.74) is 19.3. The lowest BCUT2D eigenvalue weighted by Crippen LogP contribution is -2.09. The molecule has 12 aromatic carbocycles. The third-order valence-corrected chi connectivity index (χ3v) is 16.1. The van der Waals surface area contributed by atoms with E-state index >= 15 is 0 Å². The van der Waals surface area contributed by atoms with E-state index in [0.717, 1.165) is 111 Å². The van der Waals surface area contributed by atoms with Gasteiger partial charge in [0.1, 0.15) is 0 Å². The third-order valence-electron chi connectivity index (χ3n) is 16.1. The standard InChI is InChI=1S/C75H48N6/c1-5-21-49(22-6-1)53-37-41-69-61(45-53)62-46-54(50-23-7-2-8-24-50)38-42-70(62)80(69)68-36-20-16-32-60(68)74-76-73(59-31-15-19-35-67(59)79-65-33-17-13-29-57(65)58-30-14-18-34-66(58)79)77-75(78-74)81-71-43-39-55(51-25-9-3-10-26-51)47-63(71)64-48-56(40-44-72(64)81)52-27-11-4-12-28-52/h1-48H. The van der Waals surface area contributed by atoms with Crippen molar-refractivity contribution >= 4 is 65.4 Å². The van der Waals surface area contributed by atoms with Crippen LogP contribution >= 0.6 is 0 Å². The largest absolute Gasteiger partial charge is 0.309 e. The van der Waals surface area contributed by atoms with Crippen molar-refractivity contribution in [3.05, 3.63) is 291 Å². The Hall–Kier alpha value is -11.0. The monoisotopic (exact) mass is 1030 g/mol. The van der Waals surface area contributed by atoms with Crippen LogP contribution in [0.3, 0.4) is 0 Å². The van der Waals surface area contributed by atoms with Gasteiger partial charge in [0.05, 0.1) is 44.5 Å². The van der Waals surface area contributed by atoms with E-state index in [9.17, 15) is 0 Å². The van der Waals surface area contributed by atoms with Gasteiger partial charge >= 0.3 is 0 Å². The molecule has 378 valence electrons. The Labute approximate surface area is 467 Å². The molecule has 0 spiro atoms. The molecule has 81 heavy (non-hydrogen) atoms. The number of hydrogen-bond acceptors (Lipinski definition) is 3. The highest BCUT2D eigenvalue weighted by molar-refractivity contribution is 6.14. The van der Waals surface area contributed by atoms with Gasteiger partial charge in [-0.05, 0) is 129 Å². The molecule has 0 N–H and O–H groups in total. The van der Waals surface area contributed by atoms with Gasteiger partial charge < -0.3 is 9.13 Å². The van der Waals surface area contributed by atoms with Crippen LogP contribution in [0.2, 0.25) is 0 Å². The first-order valence-electron chi connectivity index (χ1n) is 27.5. The van der Waals surface area contributed by atoms with Crippen LogP contribution < -0.4 is 0 Å². The van der Waals surface area contributed by atoms with Gasteiger partial charge in [-0.15, -0.1) is 0 Å². The molecular formula is C75H48N6. The highest BCUT2D eigenvalue weighted by Crippen LogP contribution is 2.43. The molecule has 0 saturated heterocycles. The normalized spacial score (nSPS) is 11.7. The summed E-state index contributed by atoms with van der Waals surface area (Å²) in [6.07, 6.45) is 0. The lowest BCUT2D eigenvalue weighted by Gasteiger charge is -2.17. The fourth-order valence-corrected chi connectivity index (χ4v) is 12.4. The maximum Gasteiger partial charge on any atom is 0.238 e. The van der Waals surface area contributed by atoms with Crippen molar-refractivity contribution in [2.45, 2.75) is 0 Å². The summed E-state index contributed by atoms with van der Waals surface area (Å²) in [5.74, 6) is 1.63. The Morgan fingerprint density at radius 1 is 0.198 bits per heavy atom. The average Bonchev–Trinajstić information content (AvgIpc) is 4.21.